The Balaban J connectivity index is 1.71. The van der Waals surface area contributed by atoms with Gasteiger partial charge in [-0.1, -0.05) is 17.7 Å². The van der Waals surface area contributed by atoms with Gasteiger partial charge in [0.1, 0.15) is 23.7 Å². The number of rotatable bonds is 9. The van der Waals surface area contributed by atoms with Gasteiger partial charge in [0.2, 0.25) is 0 Å². The minimum atomic E-state index is -0.498. The molecule has 0 bridgehead atoms. The fourth-order valence-corrected chi connectivity index (χ4v) is 2.88. The number of carbonyl (C=O) groups is 1. The summed E-state index contributed by atoms with van der Waals surface area (Å²) in [5.74, 6) is 1.74. The van der Waals surface area contributed by atoms with Gasteiger partial charge in [-0.15, -0.1) is 0 Å². The first-order valence-electron chi connectivity index (χ1n) is 9.06. The Morgan fingerprint density at radius 2 is 1.75 bits per heavy atom. The molecule has 0 atom stereocenters. The molecule has 0 radical (unpaired) electrons. The Morgan fingerprint density at radius 1 is 1.07 bits per heavy atom. The van der Waals surface area contributed by atoms with Crippen molar-refractivity contribution in [1.29, 1.82) is 0 Å². The van der Waals surface area contributed by atoms with Crippen LogP contribution in [0.25, 0.3) is 5.57 Å². The van der Waals surface area contributed by atoms with Gasteiger partial charge in [0.15, 0.2) is 0 Å². The van der Waals surface area contributed by atoms with Crippen molar-refractivity contribution >= 4 is 23.1 Å². The van der Waals surface area contributed by atoms with E-state index in [9.17, 15) is 4.79 Å². The topological polar surface area (TPSA) is 54.0 Å². The molecule has 0 aromatic heterocycles. The molecule has 1 aliphatic carbocycles. The van der Waals surface area contributed by atoms with E-state index in [0.29, 0.717) is 27.8 Å². The summed E-state index contributed by atoms with van der Waals surface area (Å²) >= 11 is 6.14. The maximum Gasteiger partial charge on any atom is 0.341 e. The summed E-state index contributed by atoms with van der Waals surface area (Å²) in [4.78, 5) is 12.1. The van der Waals surface area contributed by atoms with Gasteiger partial charge in [0, 0.05) is 5.02 Å². The SMILES string of the molecule is CO/C=C(\C(=O)OC)c1ccc(Cl)cc1COc1ccc(OCC2CC2)cc1. The van der Waals surface area contributed by atoms with Crippen LogP contribution in [0.2, 0.25) is 5.02 Å². The summed E-state index contributed by atoms with van der Waals surface area (Å²) in [5, 5.41) is 0.549. The van der Waals surface area contributed by atoms with Crippen LogP contribution in [0, 0.1) is 5.92 Å². The Hall–Kier alpha value is -2.66. The van der Waals surface area contributed by atoms with E-state index in [-0.39, 0.29) is 6.61 Å². The maximum atomic E-state index is 12.1. The van der Waals surface area contributed by atoms with Gasteiger partial charge >= 0.3 is 5.97 Å². The molecule has 148 valence electrons. The molecule has 3 rings (SSSR count). The average molecular weight is 403 g/mol. The lowest BCUT2D eigenvalue weighted by Gasteiger charge is -2.14. The van der Waals surface area contributed by atoms with Crippen molar-refractivity contribution in [3.8, 4) is 11.5 Å². The number of halogens is 1. The van der Waals surface area contributed by atoms with E-state index in [1.165, 1.54) is 33.3 Å². The van der Waals surface area contributed by atoms with Crippen LogP contribution in [0.3, 0.4) is 0 Å². The van der Waals surface area contributed by atoms with Crippen LogP contribution < -0.4 is 9.47 Å². The summed E-state index contributed by atoms with van der Waals surface area (Å²) in [6.45, 7) is 1.00. The van der Waals surface area contributed by atoms with Gasteiger partial charge in [0.05, 0.1) is 27.1 Å². The second-order valence-electron chi connectivity index (χ2n) is 6.57. The predicted octanol–water partition coefficient (Wildman–Crippen LogP) is 4.87. The van der Waals surface area contributed by atoms with Crippen molar-refractivity contribution in [1.82, 2.24) is 0 Å². The Morgan fingerprint density at radius 3 is 2.36 bits per heavy atom. The zero-order valence-corrected chi connectivity index (χ0v) is 16.7. The Labute approximate surface area is 169 Å². The van der Waals surface area contributed by atoms with Gasteiger partial charge in [0.25, 0.3) is 0 Å². The number of hydrogen-bond acceptors (Lipinski definition) is 5. The van der Waals surface area contributed by atoms with E-state index in [1.54, 1.807) is 18.2 Å². The van der Waals surface area contributed by atoms with Crippen molar-refractivity contribution in [2.75, 3.05) is 20.8 Å². The van der Waals surface area contributed by atoms with E-state index in [0.717, 1.165) is 17.9 Å². The van der Waals surface area contributed by atoms with E-state index in [1.807, 2.05) is 24.3 Å². The van der Waals surface area contributed by atoms with Gasteiger partial charge in [-0.25, -0.2) is 4.79 Å². The van der Waals surface area contributed by atoms with E-state index >= 15 is 0 Å². The lowest BCUT2D eigenvalue weighted by atomic mass is 10.0. The van der Waals surface area contributed by atoms with E-state index < -0.39 is 5.97 Å². The zero-order valence-electron chi connectivity index (χ0n) is 15.9. The van der Waals surface area contributed by atoms with Crippen molar-refractivity contribution in [3.05, 3.63) is 64.9 Å². The molecule has 5 nitrogen and oxygen atoms in total. The molecule has 2 aromatic rings. The first-order chi connectivity index (χ1) is 13.6. The second-order valence-corrected chi connectivity index (χ2v) is 7.01. The first-order valence-corrected chi connectivity index (χ1v) is 9.44. The molecule has 1 aliphatic rings. The maximum absolute atomic E-state index is 12.1. The van der Waals surface area contributed by atoms with Crippen molar-refractivity contribution in [2.45, 2.75) is 19.4 Å². The number of methoxy groups -OCH3 is 2. The van der Waals surface area contributed by atoms with Crippen LogP contribution in [-0.2, 0) is 20.9 Å². The van der Waals surface area contributed by atoms with Gasteiger partial charge in [-0.3, -0.25) is 0 Å². The van der Waals surface area contributed by atoms with Gasteiger partial charge in [-0.2, -0.15) is 0 Å². The fraction of sp³-hybridized carbons (Fsp3) is 0.318. The van der Waals surface area contributed by atoms with Crippen LogP contribution in [0.1, 0.15) is 24.0 Å². The molecule has 0 saturated heterocycles. The highest BCUT2D eigenvalue weighted by Gasteiger charge is 2.22. The largest absolute Gasteiger partial charge is 0.503 e. The molecule has 0 spiro atoms. The minimum absolute atomic E-state index is 0.232. The number of hydrogen-bond donors (Lipinski definition) is 0. The normalized spacial score (nSPS) is 13.8. The van der Waals surface area contributed by atoms with Crippen LogP contribution in [0.15, 0.2) is 48.7 Å². The van der Waals surface area contributed by atoms with E-state index in [2.05, 4.69) is 0 Å². The lowest BCUT2D eigenvalue weighted by molar-refractivity contribution is -0.133. The molecule has 0 amide bonds. The summed E-state index contributed by atoms with van der Waals surface area (Å²) in [7, 11) is 2.80. The van der Waals surface area contributed by atoms with Gasteiger partial charge in [-0.05, 0) is 66.3 Å². The molecule has 2 aromatic carbocycles. The third-order valence-electron chi connectivity index (χ3n) is 4.40. The lowest BCUT2D eigenvalue weighted by Crippen LogP contribution is -2.08. The molecule has 0 aliphatic heterocycles. The molecular formula is C22H23ClO5. The second kappa shape index (κ2) is 9.51. The predicted molar refractivity (Wildman–Crippen MR) is 107 cm³/mol. The summed E-state index contributed by atoms with van der Waals surface area (Å²) in [5.41, 5.74) is 1.68. The quantitative estimate of drug-likeness (QED) is 0.340. The zero-order chi connectivity index (χ0) is 19.9. The Bertz CT molecular complexity index is 841. The molecule has 0 N–H and O–H groups in total. The number of carbonyl (C=O) groups excluding carboxylic acids is 1. The molecule has 28 heavy (non-hydrogen) atoms. The molecule has 6 heteroatoms. The molecule has 1 saturated carbocycles. The monoisotopic (exact) mass is 402 g/mol. The van der Waals surface area contributed by atoms with Crippen LogP contribution >= 0.6 is 11.6 Å². The van der Waals surface area contributed by atoms with Crippen molar-refractivity contribution < 1.29 is 23.7 Å². The van der Waals surface area contributed by atoms with Crippen LogP contribution in [0.4, 0.5) is 0 Å². The van der Waals surface area contributed by atoms with Crippen molar-refractivity contribution in [2.24, 2.45) is 5.92 Å². The average Bonchev–Trinajstić information content (AvgIpc) is 3.54. The first kappa shape index (κ1) is 20.1. The highest BCUT2D eigenvalue weighted by Crippen LogP contribution is 2.30. The molecular weight excluding hydrogens is 380 g/mol. The standard InChI is InChI=1S/C22H23ClO5/c1-25-14-21(22(24)26-2)20-10-5-17(23)11-16(20)13-28-19-8-6-18(7-9-19)27-12-15-3-4-15/h5-11,14-15H,3-4,12-13H2,1-2H3/b21-14-. The molecule has 0 heterocycles. The smallest absolute Gasteiger partial charge is 0.341 e. The highest BCUT2D eigenvalue weighted by molar-refractivity contribution is 6.30. The highest BCUT2D eigenvalue weighted by atomic mass is 35.5. The van der Waals surface area contributed by atoms with Crippen LogP contribution in [0.5, 0.6) is 11.5 Å². The summed E-state index contributed by atoms with van der Waals surface area (Å²) in [6.07, 6.45) is 3.87. The number of esters is 1. The molecule has 1 fully saturated rings. The van der Waals surface area contributed by atoms with Crippen LogP contribution in [-0.4, -0.2) is 26.8 Å². The third-order valence-corrected chi connectivity index (χ3v) is 4.63. The number of ether oxygens (including phenoxy) is 4. The van der Waals surface area contributed by atoms with Crippen molar-refractivity contribution in [3.63, 3.8) is 0 Å². The number of benzene rings is 2. The van der Waals surface area contributed by atoms with Gasteiger partial charge < -0.3 is 18.9 Å². The summed E-state index contributed by atoms with van der Waals surface area (Å²) < 4.78 is 21.5. The Kier molecular flexibility index (Phi) is 6.82. The fourth-order valence-electron chi connectivity index (χ4n) is 2.69. The summed E-state index contributed by atoms with van der Waals surface area (Å²) in [6, 6.07) is 12.7. The third kappa shape index (κ3) is 5.42. The minimum Gasteiger partial charge on any atom is -0.503 e. The molecule has 0 unspecified atom stereocenters. The van der Waals surface area contributed by atoms with E-state index in [4.69, 9.17) is 30.5 Å².